The van der Waals surface area contributed by atoms with Crippen LogP contribution in [0.2, 0.25) is 0 Å². The van der Waals surface area contributed by atoms with E-state index in [9.17, 15) is 25.2 Å². The lowest BCUT2D eigenvalue weighted by atomic mass is 9.96. The maximum atomic E-state index is 14.1. The molecule has 15 heteroatoms. The predicted octanol–water partition coefficient (Wildman–Crippen LogP) is 7.20. The topological polar surface area (TPSA) is 190 Å². The molecule has 7 rings (SSSR count). The normalized spacial score (nSPS) is 35.3. The van der Waals surface area contributed by atoms with Crippen molar-refractivity contribution in [3.8, 4) is 0 Å². The van der Waals surface area contributed by atoms with E-state index in [-0.39, 0.29) is 32.3 Å². The number of rotatable bonds is 14. The molecule has 4 fully saturated rings. The van der Waals surface area contributed by atoms with Crippen molar-refractivity contribution < 1.29 is 72.6 Å². The molecule has 70 heavy (non-hydrogen) atoms. The number of fused-ring (bicyclic) bond motifs is 3. The summed E-state index contributed by atoms with van der Waals surface area (Å²) in [5.74, 6) is -0.470. The molecule has 0 spiro atoms. The Hall–Kier alpha value is -3.39. The largest absolute Gasteiger partial charge is 0.454 e. The van der Waals surface area contributed by atoms with Crippen molar-refractivity contribution in [3.63, 3.8) is 0 Å². The van der Waals surface area contributed by atoms with E-state index in [1.165, 1.54) is 0 Å². The third kappa shape index (κ3) is 15.3. The van der Waals surface area contributed by atoms with Gasteiger partial charge in [-0.2, -0.15) is 0 Å². The Kier molecular flexibility index (Phi) is 21.9. The molecular weight excluding hydrogens is 901 g/mol. The molecule has 3 aromatic carbocycles. The Morgan fingerprint density at radius 1 is 0.529 bits per heavy atom. The van der Waals surface area contributed by atoms with Gasteiger partial charge in [-0.1, -0.05) is 156 Å². The summed E-state index contributed by atoms with van der Waals surface area (Å²) in [7, 11) is 0. The zero-order valence-electron chi connectivity index (χ0n) is 41.2. The quantitative estimate of drug-likeness (QED) is 0.0937. The summed E-state index contributed by atoms with van der Waals surface area (Å²) in [4.78, 5) is 14.1. The Balaban J connectivity index is 1.28. The van der Waals surface area contributed by atoms with Crippen molar-refractivity contribution in [2.75, 3.05) is 6.61 Å². The molecule has 16 atom stereocenters. The second kappa shape index (κ2) is 28.2. The van der Waals surface area contributed by atoms with Crippen molar-refractivity contribution in [2.24, 2.45) is 0 Å². The van der Waals surface area contributed by atoms with E-state index >= 15 is 0 Å². The first-order valence-corrected chi connectivity index (χ1v) is 25.9. The zero-order valence-corrected chi connectivity index (χ0v) is 41.2. The van der Waals surface area contributed by atoms with Gasteiger partial charge in [0, 0.05) is 6.42 Å². The second-order valence-electron chi connectivity index (χ2n) is 19.3. The monoisotopic (exact) mass is 979 g/mol. The summed E-state index contributed by atoms with van der Waals surface area (Å²) in [5.41, 5.74) is 2.59. The highest BCUT2D eigenvalue weighted by Gasteiger charge is 2.56. The van der Waals surface area contributed by atoms with Crippen LogP contribution in [0.1, 0.15) is 121 Å². The number of carbonyl (C=O) groups is 1. The van der Waals surface area contributed by atoms with Crippen molar-refractivity contribution in [2.45, 2.75) is 222 Å². The third-order valence-electron chi connectivity index (χ3n) is 13.9. The molecule has 388 valence electrons. The second-order valence-corrected chi connectivity index (χ2v) is 19.3. The maximum Gasteiger partial charge on any atom is 0.306 e. The highest BCUT2D eigenvalue weighted by molar-refractivity contribution is 5.69. The number of esters is 1. The van der Waals surface area contributed by atoms with Crippen LogP contribution in [0.15, 0.2) is 91.0 Å². The zero-order chi connectivity index (χ0) is 49.2. The fraction of sp³-hybridized carbons (Fsp3) is 0.655. The summed E-state index contributed by atoms with van der Waals surface area (Å²) in [6, 6.07) is 28.7. The highest BCUT2D eigenvalue weighted by atomic mass is 16.8. The van der Waals surface area contributed by atoms with Gasteiger partial charge in [-0.15, -0.1) is 0 Å². The van der Waals surface area contributed by atoms with Gasteiger partial charge in [-0.05, 0) is 49.8 Å². The van der Waals surface area contributed by atoms with Crippen LogP contribution in [0.4, 0.5) is 0 Å². The average molecular weight is 979 g/mol. The minimum Gasteiger partial charge on any atom is -0.454 e. The van der Waals surface area contributed by atoms with Gasteiger partial charge in [-0.25, -0.2) is 0 Å². The van der Waals surface area contributed by atoms with E-state index in [4.69, 9.17) is 47.4 Å². The summed E-state index contributed by atoms with van der Waals surface area (Å²) in [5, 5.41) is 46.0. The molecule has 0 radical (unpaired) electrons. The minimum atomic E-state index is -1.52. The molecule has 0 bridgehead atoms. The minimum absolute atomic E-state index is 0.0163. The first kappa shape index (κ1) is 54.4. The van der Waals surface area contributed by atoms with Crippen LogP contribution in [0.3, 0.4) is 0 Å². The van der Waals surface area contributed by atoms with E-state index in [2.05, 4.69) is 6.92 Å². The highest BCUT2D eigenvalue weighted by Crippen LogP contribution is 2.38. The fourth-order valence-electron chi connectivity index (χ4n) is 9.81. The molecule has 4 aliphatic heterocycles. The van der Waals surface area contributed by atoms with Crippen LogP contribution < -0.4 is 0 Å². The van der Waals surface area contributed by atoms with Gasteiger partial charge in [0.05, 0.1) is 44.7 Å². The molecule has 0 unspecified atom stereocenters. The summed E-state index contributed by atoms with van der Waals surface area (Å²) in [6.45, 7) is 5.40. The molecule has 4 aliphatic rings. The standard InChI is InChI=1S/C55H78O15/c1-4-5-14-29-41-30-21-9-7-6-8-10-22-31-43(57)68-52-50(63-35-40-27-19-13-20-28-40)47(61-33-38-23-15-11-16-24-38)37(3)65-54(52)70-51-48(62-34-39-25-17-12-18-26-39)45(59)42(32-56)67-55(51)69-49-46(60)44(58)36(2)64-53(49)66-41/h11-13,15-20,23-28,36-37,41-42,44-56,58-60H,4-10,14,21-22,29-35H2,1-3H3/t36-,37+,41+,42-,44+,45-,46+,47+,48+,49+,50-,51-,52+,53-,54-,55+/m1/s1. The Bertz CT molecular complexity index is 1910. The summed E-state index contributed by atoms with van der Waals surface area (Å²) >= 11 is 0. The fourth-order valence-corrected chi connectivity index (χ4v) is 9.81. The number of ether oxygens (including phenoxy) is 10. The van der Waals surface area contributed by atoms with Crippen LogP contribution in [0.25, 0.3) is 0 Å². The first-order chi connectivity index (χ1) is 34.1. The molecule has 0 aromatic heterocycles. The lowest BCUT2D eigenvalue weighted by Crippen LogP contribution is -2.67. The van der Waals surface area contributed by atoms with E-state index < -0.39 is 105 Å². The maximum absolute atomic E-state index is 14.1. The van der Waals surface area contributed by atoms with E-state index in [0.29, 0.717) is 6.42 Å². The molecule has 0 aliphatic carbocycles. The van der Waals surface area contributed by atoms with Crippen LogP contribution in [-0.4, -0.2) is 131 Å². The van der Waals surface area contributed by atoms with Gasteiger partial charge < -0.3 is 67.8 Å². The number of hydrogen-bond acceptors (Lipinski definition) is 15. The lowest BCUT2D eigenvalue weighted by Gasteiger charge is -2.50. The molecule has 4 saturated heterocycles. The molecule has 15 nitrogen and oxygen atoms in total. The van der Waals surface area contributed by atoms with Crippen LogP contribution in [0.5, 0.6) is 0 Å². The SMILES string of the molecule is CCCCC[C@H]1CCCCCCCCCC(=O)O[C@@H]2[C@@H](O[C@H]3[C@H](O[C@@H]4[C@@H](O1)O[C@H](C)[C@H](O)[C@@H]4O)O[C@H](CO)[C@@H](O)[C@@H]3OCc1ccccc1)O[C@@H](C)[C@H](OCc1ccccc1)[C@H]2OCc1ccccc1. The van der Waals surface area contributed by atoms with Gasteiger partial charge in [0.2, 0.25) is 0 Å². The van der Waals surface area contributed by atoms with Crippen molar-refractivity contribution >= 4 is 5.97 Å². The number of aliphatic hydroxyl groups is 4. The number of unbranched alkanes of at least 4 members (excludes halogenated alkanes) is 2. The first-order valence-electron chi connectivity index (χ1n) is 25.9. The molecule has 4 N–H and O–H groups in total. The number of benzene rings is 3. The van der Waals surface area contributed by atoms with Crippen molar-refractivity contribution in [1.29, 1.82) is 0 Å². The smallest absolute Gasteiger partial charge is 0.306 e. The van der Waals surface area contributed by atoms with Gasteiger partial charge in [0.1, 0.15) is 54.9 Å². The Labute approximate surface area is 413 Å². The van der Waals surface area contributed by atoms with Crippen LogP contribution >= 0.6 is 0 Å². The Morgan fingerprint density at radius 2 is 1.04 bits per heavy atom. The van der Waals surface area contributed by atoms with E-state index in [1.54, 1.807) is 6.92 Å². The molecule has 4 heterocycles. The van der Waals surface area contributed by atoms with E-state index in [1.807, 2.05) is 97.9 Å². The summed E-state index contributed by atoms with van der Waals surface area (Å²) < 4.78 is 66.4. The van der Waals surface area contributed by atoms with Crippen LogP contribution in [0, 0.1) is 0 Å². The molecule has 0 saturated carbocycles. The van der Waals surface area contributed by atoms with Crippen LogP contribution in [-0.2, 0) is 72.0 Å². The predicted molar refractivity (Wildman–Crippen MR) is 258 cm³/mol. The molecule has 3 aromatic rings. The average Bonchev–Trinajstić information content (AvgIpc) is 3.37. The number of aliphatic hydroxyl groups excluding tert-OH is 4. The number of carbonyl (C=O) groups excluding carboxylic acids is 1. The van der Waals surface area contributed by atoms with Gasteiger partial charge in [0.25, 0.3) is 0 Å². The van der Waals surface area contributed by atoms with E-state index in [0.717, 1.165) is 87.3 Å². The number of hydrogen-bond donors (Lipinski definition) is 4. The van der Waals surface area contributed by atoms with Crippen molar-refractivity contribution in [1.82, 2.24) is 0 Å². The molecule has 0 amide bonds. The third-order valence-corrected chi connectivity index (χ3v) is 13.9. The van der Waals surface area contributed by atoms with Gasteiger partial charge >= 0.3 is 5.97 Å². The lowest BCUT2D eigenvalue weighted by molar-refractivity contribution is -0.398. The van der Waals surface area contributed by atoms with Gasteiger partial charge in [-0.3, -0.25) is 4.79 Å². The van der Waals surface area contributed by atoms with Gasteiger partial charge in [0.15, 0.2) is 25.0 Å². The summed E-state index contributed by atoms with van der Waals surface area (Å²) in [6.07, 6.45) is -7.27. The molecular formula is C55H78O15. The Morgan fingerprint density at radius 3 is 1.64 bits per heavy atom. The van der Waals surface area contributed by atoms with Crippen molar-refractivity contribution in [3.05, 3.63) is 108 Å².